The van der Waals surface area contributed by atoms with Crippen LogP contribution in [0.2, 0.25) is 0 Å². The Bertz CT molecular complexity index is 976. The zero-order valence-corrected chi connectivity index (χ0v) is 19.4. The van der Waals surface area contributed by atoms with Crippen molar-refractivity contribution in [3.05, 3.63) is 89.7 Å². The normalized spacial score (nSPS) is 14.0. The summed E-state index contributed by atoms with van der Waals surface area (Å²) in [5.41, 5.74) is 3.33. The molecule has 0 saturated carbocycles. The smallest absolute Gasteiger partial charge is 0.258 e. The summed E-state index contributed by atoms with van der Waals surface area (Å²) in [4.78, 5) is 16.2. The molecular weight excluding hydrogens is 440 g/mol. The third-order valence-electron chi connectivity index (χ3n) is 4.89. The van der Waals surface area contributed by atoms with E-state index in [1.165, 1.54) is 23.5 Å². The van der Waals surface area contributed by atoms with E-state index in [2.05, 4.69) is 22.4 Å². The predicted molar refractivity (Wildman–Crippen MR) is 131 cm³/mol. The molecule has 1 fully saturated rings. The van der Waals surface area contributed by atoms with Crippen LogP contribution in [0.1, 0.15) is 27.7 Å². The number of benzene rings is 2. The maximum absolute atomic E-state index is 12.2. The van der Waals surface area contributed by atoms with E-state index in [1.54, 1.807) is 12.4 Å². The number of carbonyl (C=O) groups is 1. The number of thioether (sulfide) groups is 2. The molecule has 3 aromatic rings. The molecule has 7 heteroatoms. The number of hydrogen-bond donors (Lipinski definition) is 1. The summed E-state index contributed by atoms with van der Waals surface area (Å²) < 4.78 is 11.9. The number of aromatic nitrogens is 1. The van der Waals surface area contributed by atoms with Crippen LogP contribution in [-0.2, 0) is 17.9 Å². The Balaban J connectivity index is 1.17. The fraction of sp³-hybridized carbons (Fsp3) is 0.280. The van der Waals surface area contributed by atoms with Crippen LogP contribution in [0.3, 0.4) is 0 Å². The van der Waals surface area contributed by atoms with Crippen LogP contribution >= 0.6 is 23.5 Å². The van der Waals surface area contributed by atoms with Gasteiger partial charge in [0, 0.05) is 24.5 Å². The quantitative estimate of drug-likeness (QED) is 0.466. The molecule has 0 spiro atoms. The highest BCUT2D eigenvalue weighted by atomic mass is 32.2. The van der Waals surface area contributed by atoms with Crippen molar-refractivity contribution in [1.82, 2.24) is 10.3 Å². The fourth-order valence-corrected chi connectivity index (χ4v) is 6.05. The molecule has 0 aliphatic carbocycles. The Morgan fingerprint density at radius 2 is 1.66 bits per heavy atom. The first kappa shape index (κ1) is 22.6. The van der Waals surface area contributed by atoms with Crippen molar-refractivity contribution in [3.63, 3.8) is 0 Å². The largest absolute Gasteiger partial charge is 0.489 e. The topological polar surface area (TPSA) is 60.5 Å². The van der Waals surface area contributed by atoms with Gasteiger partial charge in [0.15, 0.2) is 6.61 Å². The Hall–Kier alpha value is -2.64. The Morgan fingerprint density at radius 3 is 2.38 bits per heavy atom. The van der Waals surface area contributed by atoms with Crippen molar-refractivity contribution in [3.8, 4) is 11.5 Å². The summed E-state index contributed by atoms with van der Waals surface area (Å²) in [5.74, 6) is 3.78. The van der Waals surface area contributed by atoms with E-state index >= 15 is 0 Å². The molecule has 0 radical (unpaired) electrons. The van der Waals surface area contributed by atoms with Gasteiger partial charge >= 0.3 is 0 Å². The minimum atomic E-state index is -0.149. The molecule has 1 aliphatic rings. The molecule has 1 aromatic heterocycles. The lowest BCUT2D eigenvalue weighted by molar-refractivity contribution is -0.123. The van der Waals surface area contributed by atoms with E-state index in [1.807, 2.05) is 72.1 Å². The predicted octanol–water partition coefficient (Wildman–Crippen LogP) is 5.22. The van der Waals surface area contributed by atoms with Crippen LogP contribution in [0.15, 0.2) is 73.1 Å². The van der Waals surface area contributed by atoms with Crippen molar-refractivity contribution >= 4 is 29.4 Å². The number of nitrogens with zero attached hydrogens (tertiary/aromatic N) is 1. The second-order valence-corrected chi connectivity index (χ2v) is 10.1. The van der Waals surface area contributed by atoms with Gasteiger partial charge in [-0.1, -0.05) is 30.3 Å². The van der Waals surface area contributed by atoms with E-state index < -0.39 is 0 Å². The first-order chi connectivity index (χ1) is 15.8. The third kappa shape index (κ3) is 6.93. The molecule has 4 rings (SSSR count). The minimum absolute atomic E-state index is 0.00141. The molecule has 2 heterocycles. The number of amides is 1. The molecule has 1 amide bonds. The summed E-state index contributed by atoms with van der Waals surface area (Å²) in [7, 11) is 0. The van der Waals surface area contributed by atoms with E-state index in [-0.39, 0.29) is 12.5 Å². The van der Waals surface area contributed by atoms with E-state index in [4.69, 9.17) is 9.47 Å². The Kier molecular flexibility index (Phi) is 8.34. The Morgan fingerprint density at radius 1 is 0.938 bits per heavy atom. The first-order valence-electron chi connectivity index (χ1n) is 10.6. The van der Waals surface area contributed by atoms with Gasteiger partial charge in [0.05, 0.1) is 4.58 Å². The molecule has 32 heavy (non-hydrogen) atoms. The molecule has 5 nitrogen and oxygen atoms in total. The maximum atomic E-state index is 12.2. The zero-order chi connectivity index (χ0) is 22.0. The van der Waals surface area contributed by atoms with Gasteiger partial charge in [-0.15, -0.1) is 23.5 Å². The molecule has 166 valence electrons. The average molecular weight is 467 g/mol. The standard InChI is InChI=1S/C25H26N2O3S2/c28-24(18-30-23-10-6-21(7-11-23)25-31-13-2-14-32-25)27-16-19-4-8-22(9-5-19)29-17-20-3-1-12-26-15-20/h1,3-12,15,25H,2,13-14,16-18H2,(H,27,28). The SMILES string of the molecule is O=C(COc1ccc(C2SCCCS2)cc1)NCc1ccc(OCc2cccnc2)cc1. The van der Waals surface area contributed by atoms with Crippen LogP contribution in [0.25, 0.3) is 0 Å². The molecule has 1 aliphatic heterocycles. The highest BCUT2D eigenvalue weighted by molar-refractivity contribution is 8.16. The lowest BCUT2D eigenvalue weighted by atomic mass is 10.2. The van der Waals surface area contributed by atoms with Gasteiger partial charge in [-0.2, -0.15) is 0 Å². The zero-order valence-electron chi connectivity index (χ0n) is 17.7. The second kappa shape index (κ2) is 11.8. The van der Waals surface area contributed by atoms with Crippen molar-refractivity contribution in [2.45, 2.75) is 24.2 Å². The molecule has 1 N–H and O–H groups in total. The number of pyridine rings is 1. The highest BCUT2D eigenvalue weighted by Crippen LogP contribution is 2.43. The second-order valence-electron chi connectivity index (χ2n) is 7.36. The number of rotatable bonds is 9. The summed E-state index contributed by atoms with van der Waals surface area (Å²) in [6, 6.07) is 19.6. The minimum Gasteiger partial charge on any atom is -0.489 e. The molecule has 0 bridgehead atoms. The lowest BCUT2D eigenvalue weighted by Gasteiger charge is -2.21. The van der Waals surface area contributed by atoms with Crippen molar-refractivity contribution in [2.24, 2.45) is 0 Å². The monoisotopic (exact) mass is 466 g/mol. The number of nitrogens with one attached hydrogen (secondary N) is 1. The third-order valence-corrected chi connectivity index (χ3v) is 7.91. The summed E-state index contributed by atoms with van der Waals surface area (Å²) in [6.07, 6.45) is 4.81. The number of ether oxygens (including phenoxy) is 2. The van der Waals surface area contributed by atoms with Gasteiger partial charge in [0.2, 0.25) is 0 Å². The van der Waals surface area contributed by atoms with Crippen molar-refractivity contribution in [1.29, 1.82) is 0 Å². The summed E-state index contributed by atoms with van der Waals surface area (Å²) in [6.45, 7) is 0.916. The number of carbonyl (C=O) groups excluding carboxylic acids is 1. The maximum Gasteiger partial charge on any atom is 0.258 e. The van der Waals surface area contributed by atoms with Gasteiger partial charge in [-0.25, -0.2) is 0 Å². The Labute approximate surface area is 197 Å². The molecule has 0 atom stereocenters. The summed E-state index contributed by atoms with van der Waals surface area (Å²) in [5, 5.41) is 2.89. The van der Waals surface area contributed by atoms with Gasteiger partial charge in [-0.3, -0.25) is 9.78 Å². The van der Waals surface area contributed by atoms with E-state index in [0.717, 1.165) is 16.9 Å². The van der Waals surface area contributed by atoms with E-state index in [0.29, 0.717) is 23.5 Å². The van der Waals surface area contributed by atoms with Crippen LogP contribution in [-0.4, -0.2) is 29.0 Å². The van der Waals surface area contributed by atoms with E-state index in [9.17, 15) is 4.79 Å². The van der Waals surface area contributed by atoms with Crippen LogP contribution < -0.4 is 14.8 Å². The van der Waals surface area contributed by atoms with Crippen LogP contribution in [0.4, 0.5) is 0 Å². The first-order valence-corrected chi connectivity index (χ1v) is 12.7. The molecule has 1 saturated heterocycles. The van der Waals surface area contributed by atoms with Gasteiger partial charge < -0.3 is 14.8 Å². The van der Waals surface area contributed by atoms with Gasteiger partial charge in [0.1, 0.15) is 18.1 Å². The lowest BCUT2D eigenvalue weighted by Crippen LogP contribution is -2.28. The summed E-state index contributed by atoms with van der Waals surface area (Å²) >= 11 is 3.99. The van der Waals surface area contributed by atoms with Crippen LogP contribution in [0.5, 0.6) is 11.5 Å². The number of hydrogen-bond acceptors (Lipinski definition) is 6. The van der Waals surface area contributed by atoms with Gasteiger partial charge in [-0.05, 0) is 59.4 Å². The van der Waals surface area contributed by atoms with Gasteiger partial charge in [0.25, 0.3) is 5.91 Å². The average Bonchev–Trinajstić information content (AvgIpc) is 2.87. The molecular formula is C25H26N2O3S2. The molecule has 0 unspecified atom stereocenters. The van der Waals surface area contributed by atoms with Crippen molar-refractivity contribution in [2.75, 3.05) is 18.1 Å². The van der Waals surface area contributed by atoms with Crippen LogP contribution in [0, 0.1) is 0 Å². The van der Waals surface area contributed by atoms with Crippen molar-refractivity contribution < 1.29 is 14.3 Å². The fourth-order valence-electron chi connectivity index (χ4n) is 3.16. The molecule has 2 aromatic carbocycles. The highest BCUT2D eigenvalue weighted by Gasteiger charge is 2.16.